The number of aliphatic carboxylic acids is 1. The first kappa shape index (κ1) is 28.9. The zero-order valence-electron chi connectivity index (χ0n) is 21.7. The van der Waals surface area contributed by atoms with Gasteiger partial charge in [-0.25, -0.2) is 13.1 Å². The fraction of sp³-hybridized carbons (Fsp3) is 0.500. The molecule has 2 aliphatic rings. The topological polar surface area (TPSA) is 113 Å². The number of carboxylic acid groups (broad SMARTS) is 1. The molecule has 0 bridgehead atoms. The van der Waals surface area contributed by atoms with E-state index in [1.807, 2.05) is 44.2 Å². The largest absolute Gasteiger partial charge is 0.481 e. The highest BCUT2D eigenvalue weighted by molar-refractivity contribution is 7.90. The van der Waals surface area contributed by atoms with Crippen LogP contribution in [0, 0.1) is 17.3 Å². The predicted molar refractivity (Wildman–Crippen MR) is 149 cm³/mol. The van der Waals surface area contributed by atoms with Crippen LogP contribution in [0.25, 0.3) is 0 Å². The molecule has 3 N–H and O–H groups in total. The number of nitrogens with one attached hydrogen (secondary N) is 2. The molecule has 2 aromatic carbocycles. The van der Waals surface area contributed by atoms with Crippen molar-refractivity contribution in [3.8, 4) is 0 Å². The summed E-state index contributed by atoms with van der Waals surface area (Å²) in [6, 6.07) is 13.6. The molecule has 10 heteroatoms. The number of sulfonamides is 1. The SMILES string of the molecule is CC(C(NS(=O)(=O)C1CC1)c1ccc(Cl)cc1)C(C)[C@@H]1NC(=O)[C@](C)(CC(=O)O)C[C@@H]1c1cccc(Cl)c1. The first-order valence-corrected chi connectivity index (χ1v) is 15.2. The van der Waals surface area contributed by atoms with Crippen LogP contribution < -0.4 is 10.0 Å². The van der Waals surface area contributed by atoms with Gasteiger partial charge in [-0.1, -0.05) is 68.2 Å². The zero-order chi connectivity index (χ0) is 27.8. The minimum absolute atomic E-state index is 0.195. The second-order valence-electron chi connectivity index (χ2n) is 11.1. The molecule has 1 saturated carbocycles. The Balaban J connectivity index is 1.70. The Hall–Kier alpha value is -2.13. The number of carbonyl (C=O) groups is 2. The van der Waals surface area contributed by atoms with Crippen LogP contribution in [0.4, 0.5) is 0 Å². The molecular weight excluding hydrogens is 547 g/mol. The molecule has 1 aliphatic carbocycles. The molecule has 6 atom stereocenters. The lowest BCUT2D eigenvalue weighted by Gasteiger charge is -2.46. The van der Waals surface area contributed by atoms with Gasteiger partial charge >= 0.3 is 5.97 Å². The lowest BCUT2D eigenvalue weighted by molar-refractivity contribution is -0.148. The van der Waals surface area contributed by atoms with E-state index in [1.54, 1.807) is 25.1 Å². The normalized spacial score (nSPS) is 26.3. The van der Waals surface area contributed by atoms with Crippen LogP contribution in [0.1, 0.15) is 69.5 Å². The van der Waals surface area contributed by atoms with Crippen LogP contribution >= 0.6 is 23.2 Å². The van der Waals surface area contributed by atoms with E-state index in [2.05, 4.69) is 10.0 Å². The highest BCUT2D eigenvalue weighted by Crippen LogP contribution is 2.46. The van der Waals surface area contributed by atoms with Crippen LogP contribution in [0.2, 0.25) is 10.0 Å². The van der Waals surface area contributed by atoms with Crippen LogP contribution in [0.15, 0.2) is 48.5 Å². The number of carboxylic acids is 1. The Morgan fingerprint density at radius 3 is 2.37 bits per heavy atom. The van der Waals surface area contributed by atoms with Crippen molar-refractivity contribution in [3.05, 3.63) is 69.7 Å². The zero-order valence-corrected chi connectivity index (χ0v) is 24.0. The van der Waals surface area contributed by atoms with Gasteiger partial charge in [-0.05, 0) is 66.5 Å². The maximum Gasteiger partial charge on any atom is 0.304 e. The van der Waals surface area contributed by atoms with E-state index in [9.17, 15) is 23.1 Å². The van der Waals surface area contributed by atoms with Gasteiger partial charge in [0.25, 0.3) is 0 Å². The van der Waals surface area contributed by atoms with E-state index in [0.717, 1.165) is 11.1 Å². The van der Waals surface area contributed by atoms with Crippen molar-refractivity contribution >= 4 is 45.1 Å². The van der Waals surface area contributed by atoms with Crippen molar-refractivity contribution in [2.75, 3.05) is 0 Å². The molecule has 4 rings (SSSR count). The first-order valence-electron chi connectivity index (χ1n) is 12.9. The van der Waals surface area contributed by atoms with E-state index in [0.29, 0.717) is 29.3 Å². The molecule has 7 nitrogen and oxygen atoms in total. The smallest absolute Gasteiger partial charge is 0.304 e. The Morgan fingerprint density at radius 1 is 1.13 bits per heavy atom. The summed E-state index contributed by atoms with van der Waals surface area (Å²) in [6.45, 7) is 5.66. The van der Waals surface area contributed by atoms with Gasteiger partial charge in [0.2, 0.25) is 15.9 Å². The van der Waals surface area contributed by atoms with Gasteiger partial charge < -0.3 is 10.4 Å². The summed E-state index contributed by atoms with van der Waals surface area (Å²) in [5, 5.41) is 13.4. The fourth-order valence-corrected chi connectivity index (χ4v) is 7.59. The van der Waals surface area contributed by atoms with Crippen molar-refractivity contribution < 1.29 is 23.1 Å². The average Bonchev–Trinajstić information content (AvgIpc) is 3.70. The third kappa shape index (κ3) is 6.36. The molecule has 1 amide bonds. The summed E-state index contributed by atoms with van der Waals surface area (Å²) < 4.78 is 29.0. The predicted octanol–water partition coefficient (Wildman–Crippen LogP) is 5.54. The summed E-state index contributed by atoms with van der Waals surface area (Å²) in [5.41, 5.74) is 0.594. The molecular formula is C28H34Cl2N2O5S. The van der Waals surface area contributed by atoms with E-state index in [-0.39, 0.29) is 41.4 Å². The Bertz CT molecular complexity index is 1300. The van der Waals surface area contributed by atoms with Gasteiger partial charge in [-0.15, -0.1) is 0 Å². The van der Waals surface area contributed by atoms with E-state index < -0.39 is 27.4 Å². The Labute approximate surface area is 234 Å². The minimum Gasteiger partial charge on any atom is -0.481 e. The average molecular weight is 582 g/mol. The summed E-state index contributed by atoms with van der Waals surface area (Å²) in [5.74, 6) is -2.01. The highest BCUT2D eigenvalue weighted by atomic mass is 35.5. The molecule has 2 aromatic rings. The quantitative estimate of drug-likeness (QED) is 0.341. The number of halogens is 2. The number of piperidine rings is 1. The van der Waals surface area contributed by atoms with E-state index >= 15 is 0 Å². The molecule has 206 valence electrons. The van der Waals surface area contributed by atoms with Crippen LogP contribution in [-0.4, -0.2) is 36.7 Å². The van der Waals surface area contributed by atoms with E-state index in [4.69, 9.17) is 23.2 Å². The van der Waals surface area contributed by atoms with Crippen molar-refractivity contribution in [1.29, 1.82) is 0 Å². The number of hydrogen-bond acceptors (Lipinski definition) is 4. The molecule has 1 saturated heterocycles. The van der Waals surface area contributed by atoms with Gasteiger partial charge in [0, 0.05) is 28.0 Å². The molecule has 0 aromatic heterocycles. The number of carbonyl (C=O) groups excluding carboxylic acids is 1. The standard InChI is InChI=1S/C28H34Cl2N2O5S/c1-16(25(18-7-9-20(29)10-8-18)32-38(36,37)22-11-12-22)17(2)26-23(19-5-4-6-21(30)13-19)14-28(3,15-24(33)34)27(35)31-26/h4-10,13,16-17,22-23,25-26,32H,11-12,14-15H2,1-3H3,(H,31,35)(H,33,34)/t16?,17?,23-,25?,26+,28+/m1/s1. The second-order valence-corrected chi connectivity index (χ2v) is 14.0. The highest BCUT2D eigenvalue weighted by Gasteiger charge is 2.49. The molecule has 2 fully saturated rings. The molecule has 1 heterocycles. The van der Waals surface area contributed by atoms with Crippen LogP contribution in [-0.2, 0) is 19.6 Å². The molecule has 3 unspecified atom stereocenters. The molecule has 38 heavy (non-hydrogen) atoms. The second kappa shape index (κ2) is 11.2. The Morgan fingerprint density at radius 2 is 1.79 bits per heavy atom. The van der Waals surface area contributed by atoms with E-state index in [1.165, 1.54) is 0 Å². The van der Waals surface area contributed by atoms with Gasteiger partial charge in [0.15, 0.2) is 0 Å². The summed E-state index contributed by atoms with van der Waals surface area (Å²) in [4.78, 5) is 24.9. The van der Waals surface area contributed by atoms with Crippen LogP contribution in [0.3, 0.4) is 0 Å². The number of benzene rings is 2. The lowest BCUT2D eigenvalue weighted by atomic mass is 9.65. The summed E-state index contributed by atoms with van der Waals surface area (Å²) in [6.07, 6.45) is 1.32. The third-order valence-corrected chi connectivity index (χ3v) is 10.6. The maximum absolute atomic E-state index is 13.3. The van der Waals surface area contributed by atoms with Gasteiger partial charge in [0.05, 0.1) is 17.1 Å². The molecule has 0 spiro atoms. The van der Waals surface area contributed by atoms with Gasteiger partial charge in [0.1, 0.15) is 0 Å². The number of amides is 1. The number of rotatable bonds is 10. The van der Waals surface area contributed by atoms with Crippen molar-refractivity contribution in [1.82, 2.24) is 10.0 Å². The molecule has 0 radical (unpaired) electrons. The van der Waals surface area contributed by atoms with Gasteiger partial charge in [-0.2, -0.15) is 0 Å². The van der Waals surface area contributed by atoms with Crippen molar-refractivity contribution in [3.63, 3.8) is 0 Å². The summed E-state index contributed by atoms with van der Waals surface area (Å²) in [7, 11) is -3.52. The third-order valence-electron chi connectivity index (χ3n) is 8.17. The van der Waals surface area contributed by atoms with Crippen LogP contribution in [0.5, 0.6) is 0 Å². The van der Waals surface area contributed by atoms with Gasteiger partial charge in [-0.3, -0.25) is 9.59 Å². The maximum atomic E-state index is 13.3. The fourth-order valence-electron chi connectivity index (χ4n) is 5.61. The number of hydrogen-bond donors (Lipinski definition) is 3. The van der Waals surface area contributed by atoms with Crippen molar-refractivity contribution in [2.24, 2.45) is 17.3 Å². The summed E-state index contributed by atoms with van der Waals surface area (Å²) >= 11 is 12.4. The minimum atomic E-state index is -3.52. The lowest BCUT2D eigenvalue weighted by Crippen LogP contribution is -2.57. The first-order chi connectivity index (χ1) is 17.8. The van der Waals surface area contributed by atoms with Crippen molar-refractivity contribution in [2.45, 2.75) is 69.7 Å². The monoisotopic (exact) mass is 580 g/mol. The Kier molecular flexibility index (Phi) is 8.48. The molecule has 1 aliphatic heterocycles.